The molecular formula is C38H50O5. The van der Waals surface area contributed by atoms with Crippen molar-refractivity contribution in [2.24, 2.45) is 46.3 Å². The van der Waals surface area contributed by atoms with E-state index in [1.807, 2.05) is 30.3 Å². The van der Waals surface area contributed by atoms with Gasteiger partial charge in [-0.3, -0.25) is 4.79 Å². The number of ether oxygens (including phenoxy) is 3. The van der Waals surface area contributed by atoms with Gasteiger partial charge < -0.3 is 14.2 Å². The Labute approximate surface area is 258 Å². The van der Waals surface area contributed by atoms with Crippen molar-refractivity contribution in [3.8, 4) is 5.75 Å². The SMILES string of the molecule is COC(=O)CC[C@@H](C)[C@H]1CC[C@H]2[C@@H]3CC[C@@H]4C[C@H](OC(=O)c5ccccc5)CC[C@]4(C)[C@H]3C[C@H](Oc3ccccc3)[C@]12C. The van der Waals surface area contributed by atoms with Crippen LogP contribution >= 0.6 is 0 Å². The molecule has 0 aromatic heterocycles. The van der Waals surface area contributed by atoms with Gasteiger partial charge in [0.2, 0.25) is 0 Å². The number of benzene rings is 2. The van der Waals surface area contributed by atoms with E-state index < -0.39 is 0 Å². The number of methoxy groups -OCH3 is 1. The summed E-state index contributed by atoms with van der Waals surface area (Å²) in [5, 5.41) is 0. The Hall–Kier alpha value is -2.82. The van der Waals surface area contributed by atoms with Crippen LogP contribution in [-0.2, 0) is 14.3 Å². The van der Waals surface area contributed by atoms with E-state index in [4.69, 9.17) is 14.2 Å². The van der Waals surface area contributed by atoms with Crippen molar-refractivity contribution < 1.29 is 23.8 Å². The van der Waals surface area contributed by atoms with Crippen LogP contribution in [0.25, 0.3) is 0 Å². The van der Waals surface area contributed by atoms with Gasteiger partial charge in [0.05, 0.1) is 12.7 Å². The molecule has 0 N–H and O–H groups in total. The highest BCUT2D eigenvalue weighted by Gasteiger charge is 2.65. The second kappa shape index (κ2) is 12.3. The molecule has 0 heterocycles. The lowest BCUT2D eigenvalue weighted by Gasteiger charge is -2.63. The van der Waals surface area contributed by atoms with Crippen LogP contribution in [0.5, 0.6) is 5.75 Å². The Morgan fingerprint density at radius 2 is 1.60 bits per heavy atom. The molecule has 4 aliphatic carbocycles. The van der Waals surface area contributed by atoms with Crippen LogP contribution in [-0.4, -0.2) is 31.3 Å². The van der Waals surface area contributed by atoms with Crippen LogP contribution in [0.1, 0.15) is 95.3 Å². The summed E-state index contributed by atoms with van der Waals surface area (Å²) < 4.78 is 18.1. The highest BCUT2D eigenvalue weighted by molar-refractivity contribution is 5.89. The summed E-state index contributed by atoms with van der Waals surface area (Å²) in [4.78, 5) is 24.9. The van der Waals surface area contributed by atoms with E-state index in [1.54, 1.807) is 0 Å². The molecule has 0 amide bonds. The summed E-state index contributed by atoms with van der Waals surface area (Å²) in [7, 11) is 1.49. The van der Waals surface area contributed by atoms with E-state index in [2.05, 4.69) is 51.1 Å². The van der Waals surface area contributed by atoms with Crippen molar-refractivity contribution in [1.29, 1.82) is 0 Å². The molecule has 5 heteroatoms. The largest absolute Gasteiger partial charge is 0.490 e. The number of para-hydroxylation sites is 1. The van der Waals surface area contributed by atoms with Crippen molar-refractivity contribution in [3.05, 3.63) is 66.2 Å². The molecule has 5 nitrogen and oxygen atoms in total. The first kappa shape index (κ1) is 30.2. The zero-order valence-electron chi connectivity index (χ0n) is 26.5. The monoisotopic (exact) mass is 586 g/mol. The molecule has 0 unspecified atom stereocenters. The zero-order valence-corrected chi connectivity index (χ0v) is 26.5. The Balaban J connectivity index is 1.23. The maximum Gasteiger partial charge on any atom is 0.338 e. The van der Waals surface area contributed by atoms with Crippen molar-refractivity contribution in [2.45, 2.75) is 97.2 Å². The molecular weight excluding hydrogens is 536 g/mol. The third-order valence-electron chi connectivity index (χ3n) is 12.8. The lowest BCUT2D eigenvalue weighted by atomic mass is 9.43. The number of esters is 2. The molecule has 0 spiro atoms. The van der Waals surface area contributed by atoms with E-state index in [9.17, 15) is 9.59 Å². The van der Waals surface area contributed by atoms with Crippen LogP contribution in [0, 0.1) is 46.3 Å². The van der Waals surface area contributed by atoms with Crippen molar-refractivity contribution in [2.75, 3.05) is 7.11 Å². The predicted molar refractivity (Wildman–Crippen MR) is 168 cm³/mol. The molecule has 4 fully saturated rings. The van der Waals surface area contributed by atoms with Gasteiger partial charge in [0.15, 0.2) is 0 Å². The summed E-state index contributed by atoms with van der Waals surface area (Å²) in [6, 6.07) is 19.8. The van der Waals surface area contributed by atoms with Gasteiger partial charge >= 0.3 is 11.9 Å². The number of carbonyl (C=O) groups is 2. The Bertz CT molecular complexity index is 1260. The summed E-state index contributed by atoms with van der Waals surface area (Å²) in [6.45, 7) is 7.43. The Morgan fingerprint density at radius 3 is 2.33 bits per heavy atom. The fourth-order valence-corrected chi connectivity index (χ4v) is 10.5. The fraction of sp³-hybridized carbons (Fsp3) is 0.632. The van der Waals surface area contributed by atoms with Gasteiger partial charge in [-0.15, -0.1) is 0 Å². The summed E-state index contributed by atoms with van der Waals surface area (Å²) in [5.74, 6) is 4.12. The molecule has 4 saturated carbocycles. The molecule has 4 aliphatic rings. The lowest BCUT2D eigenvalue weighted by Crippen LogP contribution is -2.60. The molecule has 0 aliphatic heterocycles. The van der Waals surface area contributed by atoms with Gasteiger partial charge in [-0.2, -0.15) is 0 Å². The topological polar surface area (TPSA) is 61.8 Å². The van der Waals surface area contributed by atoms with Crippen molar-refractivity contribution in [3.63, 3.8) is 0 Å². The quantitative estimate of drug-likeness (QED) is 0.290. The molecule has 232 valence electrons. The molecule has 43 heavy (non-hydrogen) atoms. The van der Waals surface area contributed by atoms with Crippen LogP contribution < -0.4 is 4.74 Å². The van der Waals surface area contributed by atoms with Gasteiger partial charge in [-0.25, -0.2) is 4.79 Å². The van der Waals surface area contributed by atoms with E-state index in [1.165, 1.54) is 32.8 Å². The van der Waals surface area contributed by atoms with Crippen LogP contribution in [0.3, 0.4) is 0 Å². The van der Waals surface area contributed by atoms with Crippen LogP contribution in [0.2, 0.25) is 0 Å². The first-order valence-electron chi connectivity index (χ1n) is 16.8. The molecule has 2 aromatic carbocycles. The molecule has 6 rings (SSSR count). The third-order valence-corrected chi connectivity index (χ3v) is 12.8. The summed E-state index contributed by atoms with van der Waals surface area (Å²) >= 11 is 0. The second-order valence-electron chi connectivity index (χ2n) is 14.6. The third kappa shape index (κ3) is 5.62. The average Bonchev–Trinajstić information content (AvgIpc) is 3.39. The fourth-order valence-electron chi connectivity index (χ4n) is 10.5. The van der Waals surface area contributed by atoms with Gasteiger partial charge in [0.1, 0.15) is 18.0 Å². The van der Waals surface area contributed by atoms with Gasteiger partial charge in [-0.05, 0) is 123 Å². The van der Waals surface area contributed by atoms with Gasteiger partial charge in [-0.1, -0.05) is 57.2 Å². The minimum atomic E-state index is -0.189. The average molecular weight is 587 g/mol. The predicted octanol–water partition coefficient (Wildman–Crippen LogP) is 8.52. The normalized spacial score (nSPS) is 37.3. The van der Waals surface area contributed by atoms with E-state index >= 15 is 0 Å². The van der Waals surface area contributed by atoms with Gasteiger partial charge in [0, 0.05) is 11.8 Å². The van der Waals surface area contributed by atoms with Crippen LogP contribution in [0.4, 0.5) is 0 Å². The smallest absolute Gasteiger partial charge is 0.338 e. The number of fused-ring (bicyclic) bond motifs is 5. The maximum absolute atomic E-state index is 12.9. The number of hydrogen-bond donors (Lipinski definition) is 0. The van der Waals surface area contributed by atoms with Crippen molar-refractivity contribution in [1.82, 2.24) is 0 Å². The maximum atomic E-state index is 12.9. The highest BCUT2D eigenvalue weighted by Crippen LogP contribution is 2.69. The lowest BCUT2D eigenvalue weighted by molar-refractivity contribution is -0.168. The highest BCUT2D eigenvalue weighted by atomic mass is 16.5. The first-order valence-corrected chi connectivity index (χ1v) is 16.8. The van der Waals surface area contributed by atoms with E-state index in [0.29, 0.717) is 47.5 Å². The number of carbonyl (C=O) groups excluding carboxylic acids is 2. The Kier molecular flexibility index (Phi) is 8.63. The standard InChI is InChI=1S/C38H50O5/c1-25(15-20-35(39)41-4)31-18-19-32-30-17-16-27-23-29(43-36(40)26-11-7-5-8-12-26)21-22-37(27,2)33(30)24-34(38(31,32)3)42-28-13-9-6-10-14-28/h5-14,25,27,29-34H,15-24H2,1-4H3/t25-,27-,29-,30+,31-,32+,33+,34+,37+,38-/m1/s1. The van der Waals surface area contributed by atoms with E-state index in [-0.39, 0.29) is 35.0 Å². The summed E-state index contributed by atoms with van der Waals surface area (Å²) in [6.07, 6.45) is 10.5. The number of rotatable bonds is 8. The number of hydrogen-bond acceptors (Lipinski definition) is 5. The van der Waals surface area contributed by atoms with E-state index in [0.717, 1.165) is 37.9 Å². The minimum Gasteiger partial charge on any atom is -0.490 e. The minimum absolute atomic E-state index is 0.000857. The summed E-state index contributed by atoms with van der Waals surface area (Å²) in [5.41, 5.74) is 0.939. The molecule has 10 atom stereocenters. The van der Waals surface area contributed by atoms with Crippen molar-refractivity contribution >= 4 is 11.9 Å². The zero-order chi connectivity index (χ0) is 30.2. The molecule has 0 radical (unpaired) electrons. The molecule has 2 aromatic rings. The van der Waals surface area contributed by atoms with Gasteiger partial charge in [0.25, 0.3) is 0 Å². The molecule has 0 bridgehead atoms. The second-order valence-corrected chi connectivity index (χ2v) is 14.6. The molecule has 0 saturated heterocycles. The Morgan fingerprint density at radius 1 is 0.884 bits per heavy atom. The first-order chi connectivity index (χ1) is 20.7. The van der Waals surface area contributed by atoms with Crippen LogP contribution in [0.15, 0.2) is 60.7 Å².